The molecule has 0 radical (unpaired) electrons. The van der Waals surface area contributed by atoms with Gasteiger partial charge in [0.1, 0.15) is 5.54 Å². The molecule has 0 heterocycles. The maximum Gasteiger partial charge on any atom is 0.328 e. The Morgan fingerprint density at radius 1 is 1.36 bits per heavy atom. The molecule has 0 spiro atoms. The molecule has 1 aromatic carbocycles. The lowest BCUT2D eigenvalue weighted by molar-refractivity contribution is -0.144. The van der Waals surface area contributed by atoms with Gasteiger partial charge < -0.3 is 10.4 Å². The van der Waals surface area contributed by atoms with Gasteiger partial charge in [0.2, 0.25) is 0 Å². The van der Waals surface area contributed by atoms with Gasteiger partial charge in [-0.3, -0.25) is 0 Å². The summed E-state index contributed by atoms with van der Waals surface area (Å²) < 4.78 is 0. The van der Waals surface area contributed by atoms with Crippen LogP contribution in [0, 0.1) is 6.92 Å². The molecule has 0 amide bonds. The summed E-state index contributed by atoms with van der Waals surface area (Å²) in [7, 11) is 1.65. The van der Waals surface area contributed by atoms with E-state index in [0.29, 0.717) is 0 Å². The number of aliphatic carboxylic acids is 1. The van der Waals surface area contributed by atoms with Crippen LogP contribution in [0.15, 0.2) is 24.3 Å². The molecule has 2 N–H and O–H groups in total. The molecule has 0 aliphatic rings. The van der Waals surface area contributed by atoms with Crippen molar-refractivity contribution < 1.29 is 9.90 Å². The maximum absolute atomic E-state index is 11.1. The van der Waals surface area contributed by atoms with E-state index in [4.69, 9.17) is 5.11 Å². The van der Waals surface area contributed by atoms with Gasteiger partial charge in [-0.1, -0.05) is 29.8 Å². The number of carboxylic acid groups (broad SMARTS) is 1. The van der Waals surface area contributed by atoms with Crippen LogP contribution in [0.25, 0.3) is 0 Å². The van der Waals surface area contributed by atoms with Crippen molar-refractivity contribution in [2.75, 3.05) is 7.05 Å². The SMILES string of the molecule is CN[C@@](C)(C(=O)O)c1ccc(C)cc1. The number of carboxylic acids is 1. The van der Waals surface area contributed by atoms with E-state index in [1.165, 1.54) is 0 Å². The standard InChI is InChI=1S/C11H15NO2/c1-8-4-6-9(7-5-8)11(2,12-3)10(13)14/h4-7,12H,1-3H3,(H,13,14)/t11-/m1/s1. The minimum atomic E-state index is -1.01. The molecule has 1 aromatic rings. The van der Waals surface area contributed by atoms with E-state index in [0.717, 1.165) is 11.1 Å². The van der Waals surface area contributed by atoms with Crippen molar-refractivity contribution in [2.24, 2.45) is 0 Å². The fraction of sp³-hybridized carbons (Fsp3) is 0.364. The highest BCUT2D eigenvalue weighted by atomic mass is 16.4. The first-order chi connectivity index (χ1) is 6.50. The van der Waals surface area contributed by atoms with Crippen molar-refractivity contribution >= 4 is 5.97 Å². The van der Waals surface area contributed by atoms with E-state index in [2.05, 4.69) is 5.32 Å². The van der Waals surface area contributed by atoms with Crippen LogP contribution in [0.5, 0.6) is 0 Å². The Bertz CT molecular complexity index is 332. The van der Waals surface area contributed by atoms with Crippen molar-refractivity contribution in [3.05, 3.63) is 35.4 Å². The summed E-state index contributed by atoms with van der Waals surface area (Å²) >= 11 is 0. The third kappa shape index (κ3) is 1.77. The Kier molecular flexibility index (Phi) is 2.91. The second kappa shape index (κ2) is 3.80. The van der Waals surface area contributed by atoms with Gasteiger partial charge in [0.05, 0.1) is 0 Å². The lowest BCUT2D eigenvalue weighted by Gasteiger charge is -2.24. The van der Waals surface area contributed by atoms with Crippen LogP contribution in [0.3, 0.4) is 0 Å². The highest BCUT2D eigenvalue weighted by Crippen LogP contribution is 2.20. The molecule has 76 valence electrons. The monoisotopic (exact) mass is 193 g/mol. The molecule has 0 aliphatic heterocycles. The fourth-order valence-electron chi connectivity index (χ4n) is 1.26. The van der Waals surface area contributed by atoms with E-state index >= 15 is 0 Å². The quantitative estimate of drug-likeness (QED) is 0.765. The molecule has 0 bridgehead atoms. The first-order valence-corrected chi connectivity index (χ1v) is 4.50. The molecule has 0 saturated heterocycles. The number of likely N-dealkylation sites (N-methyl/N-ethyl adjacent to an activating group) is 1. The molecule has 3 heteroatoms. The molecule has 0 aliphatic carbocycles. The Balaban J connectivity index is 3.13. The molecular weight excluding hydrogens is 178 g/mol. The second-order valence-electron chi connectivity index (χ2n) is 3.55. The normalized spacial score (nSPS) is 14.8. The smallest absolute Gasteiger partial charge is 0.328 e. The van der Waals surface area contributed by atoms with Gasteiger partial charge in [0.15, 0.2) is 0 Å². The summed E-state index contributed by atoms with van der Waals surface area (Å²) in [6.45, 7) is 3.63. The highest BCUT2D eigenvalue weighted by Gasteiger charge is 2.32. The molecule has 1 rings (SSSR count). The van der Waals surface area contributed by atoms with Crippen LogP contribution >= 0.6 is 0 Å². The molecule has 14 heavy (non-hydrogen) atoms. The van der Waals surface area contributed by atoms with Gasteiger partial charge in [0.25, 0.3) is 0 Å². The zero-order valence-electron chi connectivity index (χ0n) is 8.66. The number of aryl methyl sites for hydroxylation is 1. The number of hydrogen-bond donors (Lipinski definition) is 2. The van der Waals surface area contributed by atoms with E-state index in [9.17, 15) is 4.79 Å². The Morgan fingerprint density at radius 2 is 1.86 bits per heavy atom. The van der Waals surface area contributed by atoms with Crippen molar-refractivity contribution in [1.82, 2.24) is 5.32 Å². The summed E-state index contributed by atoms with van der Waals surface area (Å²) in [5.74, 6) is -0.871. The van der Waals surface area contributed by atoms with Crippen molar-refractivity contribution in [3.8, 4) is 0 Å². The van der Waals surface area contributed by atoms with Crippen LogP contribution in [-0.4, -0.2) is 18.1 Å². The number of carbonyl (C=O) groups is 1. The minimum absolute atomic E-state index is 0.762. The van der Waals surface area contributed by atoms with Gasteiger partial charge in [-0.25, -0.2) is 4.79 Å². The first kappa shape index (κ1) is 10.7. The topological polar surface area (TPSA) is 49.3 Å². The lowest BCUT2D eigenvalue weighted by Crippen LogP contribution is -2.44. The zero-order chi connectivity index (χ0) is 10.8. The molecule has 0 unspecified atom stereocenters. The average Bonchev–Trinajstić information content (AvgIpc) is 2.17. The number of hydrogen-bond acceptors (Lipinski definition) is 2. The summed E-state index contributed by atoms with van der Waals surface area (Å²) in [5.41, 5.74) is 0.879. The fourth-order valence-corrected chi connectivity index (χ4v) is 1.26. The van der Waals surface area contributed by atoms with Crippen LogP contribution < -0.4 is 5.32 Å². The summed E-state index contributed by atoms with van der Waals surface area (Å²) in [6, 6.07) is 7.49. The van der Waals surface area contributed by atoms with E-state index in [1.807, 2.05) is 31.2 Å². The third-order valence-electron chi connectivity index (χ3n) is 2.56. The molecule has 0 saturated carbocycles. The molecule has 3 nitrogen and oxygen atoms in total. The molecule has 0 aromatic heterocycles. The van der Waals surface area contributed by atoms with Gasteiger partial charge >= 0.3 is 5.97 Å². The zero-order valence-corrected chi connectivity index (χ0v) is 8.66. The summed E-state index contributed by atoms with van der Waals surface area (Å²) in [4.78, 5) is 11.1. The van der Waals surface area contributed by atoms with Crippen LogP contribution in [0.1, 0.15) is 18.1 Å². The number of rotatable bonds is 3. The number of nitrogens with one attached hydrogen (secondary N) is 1. The van der Waals surface area contributed by atoms with E-state index in [-0.39, 0.29) is 0 Å². The maximum atomic E-state index is 11.1. The molecule has 1 atom stereocenters. The van der Waals surface area contributed by atoms with Crippen molar-refractivity contribution in [1.29, 1.82) is 0 Å². The summed E-state index contributed by atoms with van der Waals surface area (Å²) in [6.07, 6.45) is 0. The largest absolute Gasteiger partial charge is 0.480 e. The average molecular weight is 193 g/mol. The molecular formula is C11H15NO2. The van der Waals surface area contributed by atoms with Crippen LogP contribution in [0.4, 0.5) is 0 Å². The van der Waals surface area contributed by atoms with Gasteiger partial charge in [-0.15, -0.1) is 0 Å². The third-order valence-corrected chi connectivity index (χ3v) is 2.56. The predicted octanol–water partition coefficient (Wildman–Crippen LogP) is 1.51. The Labute approximate surface area is 83.8 Å². The van der Waals surface area contributed by atoms with E-state index < -0.39 is 11.5 Å². The van der Waals surface area contributed by atoms with Gasteiger partial charge in [0, 0.05) is 0 Å². The van der Waals surface area contributed by atoms with Gasteiger partial charge in [-0.2, -0.15) is 0 Å². The second-order valence-corrected chi connectivity index (χ2v) is 3.55. The lowest BCUT2D eigenvalue weighted by atomic mass is 9.92. The van der Waals surface area contributed by atoms with E-state index in [1.54, 1.807) is 14.0 Å². The molecule has 0 fully saturated rings. The predicted molar refractivity (Wildman–Crippen MR) is 55.2 cm³/mol. The Hall–Kier alpha value is -1.35. The van der Waals surface area contributed by atoms with Gasteiger partial charge in [-0.05, 0) is 26.5 Å². The number of benzene rings is 1. The highest BCUT2D eigenvalue weighted by molar-refractivity contribution is 5.80. The Morgan fingerprint density at radius 3 is 2.21 bits per heavy atom. The minimum Gasteiger partial charge on any atom is -0.480 e. The van der Waals surface area contributed by atoms with Crippen LogP contribution in [0.2, 0.25) is 0 Å². The van der Waals surface area contributed by atoms with Crippen molar-refractivity contribution in [3.63, 3.8) is 0 Å². The van der Waals surface area contributed by atoms with Crippen molar-refractivity contribution in [2.45, 2.75) is 19.4 Å². The van der Waals surface area contributed by atoms with Crippen LogP contribution in [-0.2, 0) is 10.3 Å². The first-order valence-electron chi connectivity index (χ1n) is 4.50. The summed E-state index contributed by atoms with van der Waals surface area (Å²) in [5, 5.41) is 11.9.